The Labute approximate surface area is 386 Å². The Morgan fingerprint density at radius 2 is 1.63 bits per heavy atom. The van der Waals surface area contributed by atoms with Gasteiger partial charge in [-0.1, -0.05) is 71.1 Å². The number of piperidine rings is 1. The molecule has 1 amide bonds. The van der Waals surface area contributed by atoms with E-state index >= 15 is 0 Å². The van der Waals surface area contributed by atoms with Gasteiger partial charge in [0.05, 0.1) is 24.4 Å². The average molecular weight is 912 g/mol. The number of ether oxygens (including phenoxy) is 5. The molecule has 3 aliphatic rings. The molecule has 0 radical (unpaired) electrons. The Balaban J connectivity index is 1.76. The van der Waals surface area contributed by atoms with E-state index in [1.807, 2.05) is 51.2 Å². The van der Waals surface area contributed by atoms with Crippen LogP contribution in [-0.2, 0) is 52.5 Å². The Hall–Kier alpha value is -3.92. The maximum atomic E-state index is 14.2. The van der Waals surface area contributed by atoms with Crippen molar-refractivity contribution in [3.05, 3.63) is 59.4 Å². The first-order valence-electron chi connectivity index (χ1n) is 23.4. The van der Waals surface area contributed by atoms with Gasteiger partial charge in [-0.3, -0.25) is 19.2 Å². The summed E-state index contributed by atoms with van der Waals surface area (Å²) in [5.74, 6) is -7.19. The fourth-order valence-electron chi connectivity index (χ4n) is 9.09. The van der Waals surface area contributed by atoms with Crippen molar-refractivity contribution in [2.24, 2.45) is 35.5 Å². The third-order valence-corrected chi connectivity index (χ3v) is 13.3. The van der Waals surface area contributed by atoms with Crippen LogP contribution in [0.1, 0.15) is 119 Å². The molecular formula is C51H77NO13. The maximum Gasteiger partial charge on any atom is 0.333 e. The van der Waals surface area contributed by atoms with Crippen LogP contribution in [0.5, 0.6) is 0 Å². The second-order valence-corrected chi connectivity index (χ2v) is 18.7. The summed E-state index contributed by atoms with van der Waals surface area (Å²) in [6.07, 6.45) is 16.8. The number of carbonyl (C=O) groups excluding carboxylic acids is 6. The summed E-state index contributed by atoms with van der Waals surface area (Å²) in [4.78, 5) is 80.4. The number of aldehydes is 1. The van der Waals surface area contributed by atoms with Crippen LogP contribution in [0.4, 0.5) is 0 Å². The minimum Gasteiger partial charge on any atom is -0.429 e. The molecule has 2 heterocycles. The van der Waals surface area contributed by atoms with Gasteiger partial charge in [0.1, 0.15) is 24.7 Å². The molecule has 1 saturated carbocycles. The predicted octanol–water partition coefficient (Wildman–Crippen LogP) is 6.76. The number of rotatable bonds is 24. The molecule has 2 N–H and O–H groups in total. The minimum atomic E-state index is -2.45. The Bertz CT molecular complexity index is 1780. The summed E-state index contributed by atoms with van der Waals surface area (Å²) in [6, 6.07) is -1.16. The molecule has 0 aromatic rings. The highest BCUT2D eigenvalue weighted by molar-refractivity contribution is 6.39. The van der Waals surface area contributed by atoms with Gasteiger partial charge in [0, 0.05) is 64.0 Å². The predicted molar refractivity (Wildman–Crippen MR) is 246 cm³/mol. The number of Topliss-reactive ketones (excluding diaryl/α,β-unsaturated/α-hetero) is 2. The molecule has 0 aromatic heterocycles. The average Bonchev–Trinajstić information content (AvgIpc) is 3.28. The molecule has 3 fully saturated rings. The fraction of sp³-hybridized carbons (Fsp3) is 0.686. The first-order valence-corrected chi connectivity index (χ1v) is 23.4. The number of hydrogen-bond donors (Lipinski definition) is 2. The molecule has 65 heavy (non-hydrogen) atoms. The second-order valence-electron chi connectivity index (χ2n) is 18.7. The SMILES string of the molecule is COCC(=O)[C@H](C)C[C@H](C)C=CC=CC=C(C)[C@H](C[C@@H]1CC[C@@H](C)[C@](O)(C(=O)C(=O)N2CCCC[C@H]2C(=O)OC(=CC(=O)C(C)=CC(C)C=O)[C@H](C)CC2CC[C@@H](O)[C@H](OC)C2)O1)OC. The van der Waals surface area contributed by atoms with Crippen molar-refractivity contribution in [1.29, 1.82) is 0 Å². The zero-order valence-electron chi connectivity index (χ0n) is 40.5. The lowest BCUT2D eigenvalue weighted by atomic mass is 9.80. The van der Waals surface area contributed by atoms with Gasteiger partial charge in [-0.25, -0.2) is 4.79 Å². The monoisotopic (exact) mass is 912 g/mol. The summed E-state index contributed by atoms with van der Waals surface area (Å²) < 4.78 is 28.4. The molecule has 2 saturated heterocycles. The van der Waals surface area contributed by atoms with Crippen molar-refractivity contribution in [3.63, 3.8) is 0 Å². The molecule has 0 bridgehead atoms. The quantitative estimate of drug-likeness (QED) is 0.0258. The van der Waals surface area contributed by atoms with Crippen molar-refractivity contribution in [2.45, 2.75) is 155 Å². The van der Waals surface area contributed by atoms with Gasteiger partial charge in [-0.15, -0.1) is 0 Å². The summed E-state index contributed by atoms with van der Waals surface area (Å²) >= 11 is 0. The third-order valence-electron chi connectivity index (χ3n) is 13.3. The Morgan fingerprint density at radius 3 is 2.29 bits per heavy atom. The zero-order valence-corrected chi connectivity index (χ0v) is 40.5. The van der Waals surface area contributed by atoms with Gasteiger partial charge < -0.3 is 43.6 Å². The number of aliphatic hydroxyl groups is 2. The molecule has 1 aliphatic carbocycles. The standard InChI is InChI=1S/C51H77NO13/c1-32(24-36(5)44(56)31-61-8)16-12-11-13-17-34(3)45(62-9)28-40-21-19-38(7)51(60,65-40)48(57)49(58)52-23-15-14-18-41(52)50(59)64-46(29-43(55)35(4)25-33(2)30-53)37(6)26-39-20-22-42(54)47(27-39)63-10/h11-13,16-17,25,29-30,32-33,36-42,45,47,54,60H,14-15,18-24,26-28,31H2,1-10H3/t32-,33?,36-,37-,38-,39?,40+,41+,42-,45+,47-,51-/m1/s1. The molecule has 2 unspecified atom stereocenters. The van der Waals surface area contributed by atoms with E-state index in [-0.39, 0.29) is 55.0 Å². The van der Waals surface area contributed by atoms with E-state index in [1.165, 1.54) is 19.3 Å². The van der Waals surface area contributed by atoms with Gasteiger partial charge in [0.2, 0.25) is 5.79 Å². The van der Waals surface area contributed by atoms with Crippen LogP contribution < -0.4 is 0 Å². The number of likely N-dealkylation sites (tertiary alicyclic amines) is 1. The van der Waals surface area contributed by atoms with Crippen LogP contribution in [0.2, 0.25) is 0 Å². The van der Waals surface area contributed by atoms with Gasteiger partial charge >= 0.3 is 5.97 Å². The number of nitrogens with zero attached hydrogens (tertiary/aromatic N) is 1. The van der Waals surface area contributed by atoms with Crippen molar-refractivity contribution in [3.8, 4) is 0 Å². The fourth-order valence-corrected chi connectivity index (χ4v) is 9.09. The van der Waals surface area contributed by atoms with Gasteiger partial charge in [0.25, 0.3) is 11.7 Å². The highest BCUT2D eigenvalue weighted by Crippen LogP contribution is 2.37. The summed E-state index contributed by atoms with van der Waals surface area (Å²) in [7, 11) is 4.64. The second kappa shape index (κ2) is 27.0. The van der Waals surface area contributed by atoms with E-state index in [0.29, 0.717) is 69.8 Å². The third kappa shape index (κ3) is 16.4. The normalized spacial score (nSPS) is 28.4. The van der Waals surface area contributed by atoms with E-state index < -0.39 is 71.3 Å². The van der Waals surface area contributed by atoms with Crippen molar-refractivity contribution >= 4 is 35.5 Å². The zero-order chi connectivity index (χ0) is 48.4. The van der Waals surface area contributed by atoms with E-state index in [1.54, 1.807) is 35.0 Å². The molecule has 14 nitrogen and oxygen atoms in total. The molecule has 2 aliphatic heterocycles. The summed E-state index contributed by atoms with van der Waals surface area (Å²) in [5.41, 5.74) is 1.18. The first-order chi connectivity index (χ1) is 30.8. The Morgan fingerprint density at radius 1 is 0.908 bits per heavy atom. The lowest BCUT2D eigenvalue weighted by molar-refractivity contribution is -0.265. The molecule has 14 heteroatoms. The van der Waals surface area contributed by atoms with Crippen LogP contribution in [-0.4, -0.2) is 121 Å². The van der Waals surface area contributed by atoms with Crippen LogP contribution in [0.25, 0.3) is 0 Å². The summed E-state index contributed by atoms with van der Waals surface area (Å²) in [5, 5.41) is 22.3. The smallest absolute Gasteiger partial charge is 0.333 e. The highest BCUT2D eigenvalue weighted by Gasteiger charge is 2.53. The molecule has 0 spiro atoms. The van der Waals surface area contributed by atoms with Crippen molar-refractivity contribution in [1.82, 2.24) is 4.90 Å². The number of aliphatic hydroxyl groups excluding tert-OH is 1. The number of hydrogen-bond acceptors (Lipinski definition) is 13. The van der Waals surface area contributed by atoms with Gasteiger partial charge in [-0.2, -0.15) is 0 Å². The van der Waals surface area contributed by atoms with E-state index in [0.717, 1.165) is 16.8 Å². The largest absolute Gasteiger partial charge is 0.429 e. The van der Waals surface area contributed by atoms with E-state index in [4.69, 9.17) is 23.7 Å². The summed E-state index contributed by atoms with van der Waals surface area (Å²) in [6.45, 7) is 12.8. The van der Waals surface area contributed by atoms with E-state index in [2.05, 4.69) is 6.92 Å². The number of methoxy groups -OCH3 is 3. The van der Waals surface area contributed by atoms with Crippen LogP contribution in [0, 0.1) is 35.5 Å². The lowest BCUT2D eigenvalue weighted by Gasteiger charge is -2.42. The molecule has 0 aromatic carbocycles. The maximum absolute atomic E-state index is 14.2. The molecular weight excluding hydrogens is 835 g/mol. The number of esters is 1. The molecule has 3 rings (SSSR count). The molecule has 12 atom stereocenters. The van der Waals surface area contributed by atoms with Crippen molar-refractivity contribution < 1.29 is 62.7 Å². The number of carbonyl (C=O) groups is 6. The van der Waals surface area contributed by atoms with Crippen LogP contribution in [0.15, 0.2) is 59.4 Å². The number of amides is 1. The number of ketones is 3. The Kier molecular flexibility index (Phi) is 23.0. The van der Waals surface area contributed by atoms with Gasteiger partial charge in [-0.05, 0) is 101 Å². The van der Waals surface area contributed by atoms with Crippen molar-refractivity contribution in [2.75, 3.05) is 34.5 Å². The lowest BCUT2D eigenvalue weighted by Crippen LogP contribution is -2.60. The van der Waals surface area contributed by atoms with Gasteiger partial charge in [0.15, 0.2) is 11.6 Å². The first kappa shape index (κ1) is 55.4. The number of allylic oxidation sites excluding steroid dienone is 9. The topological polar surface area (TPSA) is 192 Å². The van der Waals surface area contributed by atoms with Crippen LogP contribution >= 0.6 is 0 Å². The minimum absolute atomic E-state index is 0.0739. The van der Waals surface area contributed by atoms with E-state index in [9.17, 15) is 39.0 Å². The van der Waals surface area contributed by atoms with Crippen LogP contribution in [0.3, 0.4) is 0 Å². The molecule has 364 valence electrons. The highest BCUT2D eigenvalue weighted by atomic mass is 16.6.